The van der Waals surface area contributed by atoms with Gasteiger partial charge in [0.25, 0.3) is 0 Å². The van der Waals surface area contributed by atoms with Crippen LogP contribution in [0, 0.1) is 0 Å². The molecule has 3 aromatic heterocycles. The first-order chi connectivity index (χ1) is 15.7. The molecule has 160 valence electrons. The van der Waals surface area contributed by atoms with Gasteiger partial charge in [0.05, 0.1) is 24.5 Å². The Hall–Kier alpha value is -3.91. The fourth-order valence-electron chi connectivity index (χ4n) is 4.29. The lowest BCUT2D eigenvalue weighted by Crippen LogP contribution is -2.29. The van der Waals surface area contributed by atoms with Crippen LogP contribution in [0.4, 0.5) is 11.5 Å². The third-order valence-electron chi connectivity index (χ3n) is 6.03. The van der Waals surface area contributed by atoms with Gasteiger partial charge in [0.15, 0.2) is 0 Å². The molecule has 0 saturated heterocycles. The summed E-state index contributed by atoms with van der Waals surface area (Å²) in [7, 11) is 3.81. The van der Waals surface area contributed by atoms with E-state index < -0.39 is 0 Å². The molecule has 0 fully saturated rings. The Morgan fingerprint density at radius 1 is 1.03 bits per heavy atom. The van der Waals surface area contributed by atoms with Crippen LogP contribution in [0.3, 0.4) is 0 Å². The van der Waals surface area contributed by atoms with Crippen molar-refractivity contribution in [3.63, 3.8) is 0 Å². The van der Waals surface area contributed by atoms with E-state index in [1.54, 1.807) is 7.11 Å². The smallest absolute Gasteiger partial charge is 0.235 e. The van der Waals surface area contributed by atoms with Gasteiger partial charge in [0.2, 0.25) is 5.95 Å². The van der Waals surface area contributed by atoms with Crippen molar-refractivity contribution in [1.29, 1.82) is 0 Å². The number of nitrogens with one attached hydrogen (secondary N) is 2. The topological polar surface area (TPSA) is 83.9 Å². The molecule has 2 aromatic carbocycles. The lowest BCUT2D eigenvalue weighted by molar-refractivity contribution is 0.307. The van der Waals surface area contributed by atoms with Crippen molar-refractivity contribution in [3.8, 4) is 11.7 Å². The molecule has 4 heterocycles. The zero-order valence-electron chi connectivity index (χ0n) is 18.0. The summed E-state index contributed by atoms with van der Waals surface area (Å²) in [5, 5.41) is 13.9. The summed E-state index contributed by atoms with van der Waals surface area (Å²) < 4.78 is 7.36. The monoisotopic (exact) mass is 425 g/mol. The molecule has 2 N–H and O–H groups in total. The molecule has 1 aliphatic rings. The summed E-state index contributed by atoms with van der Waals surface area (Å²) in [4.78, 5) is 12.2. The highest BCUT2D eigenvalue weighted by molar-refractivity contribution is 5.84. The average molecular weight is 425 g/mol. The molecular formula is C24H23N7O. The van der Waals surface area contributed by atoms with Gasteiger partial charge >= 0.3 is 0 Å². The molecule has 0 amide bonds. The highest BCUT2D eigenvalue weighted by Gasteiger charge is 2.21. The second-order valence-corrected chi connectivity index (χ2v) is 8.24. The first-order valence-electron chi connectivity index (χ1n) is 10.6. The molecule has 0 bridgehead atoms. The van der Waals surface area contributed by atoms with Crippen LogP contribution in [-0.2, 0) is 13.0 Å². The third kappa shape index (κ3) is 3.25. The molecule has 0 atom stereocenters. The summed E-state index contributed by atoms with van der Waals surface area (Å²) in [6, 6.07) is 12.2. The molecule has 0 saturated carbocycles. The van der Waals surface area contributed by atoms with Gasteiger partial charge in [-0.2, -0.15) is 10.1 Å². The molecule has 0 radical (unpaired) electrons. The molecule has 0 unspecified atom stereocenters. The van der Waals surface area contributed by atoms with Crippen LogP contribution in [0.25, 0.3) is 27.6 Å². The number of H-pyrrole nitrogens is 1. The molecule has 8 nitrogen and oxygen atoms in total. The van der Waals surface area contributed by atoms with Crippen LogP contribution in [0.2, 0.25) is 0 Å². The summed E-state index contributed by atoms with van der Waals surface area (Å²) in [5.41, 5.74) is 4.23. The van der Waals surface area contributed by atoms with Gasteiger partial charge in [0.1, 0.15) is 11.6 Å². The molecular weight excluding hydrogens is 402 g/mol. The number of nitrogens with zero attached hydrogens (tertiary/aromatic N) is 5. The number of likely N-dealkylation sites (N-methyl/N-ethyl adjacent to an activating group) is 1. The molecule has 1 aliphatic heterocycles. The van der Waals surface area contributed by atoms with E-state index in [9.17, 15) is 0 Å². The average Bonchev–Trinajstić information content (AvgIpc) is 3.44. The van der Waals surface area contributed by atoms with E-state index in [-0.39, 0.29) is 0 Å². The van der Waals surface area contributed by atoms with Crippen molar-refractivity contribution >= 4 is 33.2 Å². The normalized spacial score (nSPS) is 14.1. The van der Waals surface area contributed by atoms with E-state index in [4.69, 9.17) is 14.7 Å². The van der Waals surface area contributed by atoms with Crippen LogP contribution in [-0.4, -0.2) is 50.3 Å². The minimum atomic E-state index is 0.654. The Labute approximate surface area is 184 Å². The Balaban J connectivity index is 1.45. The predicted molar refractivity (Wildman–Crippen MR) is 125 cm³/mol. The van der Waals surface area contributed by atoms with Gasteiger partial charge in [0, 0.05) is 52.9 Å². The van der Waals surface area contributed by atoms with Crippen molar-refractivity contribution < 1.29 is 4.74 Å². The number of aromatic nitrogens is 5. The Bertz CT molecular complexity index is 1450. The molecule has 0 spiro atoms. The first-order valence-corrected chi connectivity index (χ1v) is 10.6. The van der Waals surface area contributed by atoms with Crippen LogP contribution in [0.1, 0.15) is 11.3 Å². The van der Waals surface area contributed by atoms with Crippen molar-refractivity contribution in [2.45, 2.75) is 13.0 Å². The molecule has 8 heteroatoms. The number of anilines is 2. The Morgan fingerprint density at radius 3 is 2.84 bits per heavy atom. The van der Waals surface area contributed by atoms with Gasteiger partial charge in [-0.1, -0.05) is 0 Å². The number of ether oxygens (including phenoxy) is 1. The van der Waals surface area contributed by atoms with Crippen LogP contribution in [0.15, 0.2) is 55.0 Å². The largest absolute Gasteiger partial charge is 0.497 e. The van der Waals surface area contributed by atoms with Crippen LogP contribution < -0.4 is 10.1 Å². The fourth-order valence-corrected chi connectivity index (χ4v) is 4.29. The van der Waals surface area contributed by atoms with E-state index in [0.29, 0.717) is 5.95 Å². The number of methoxy groups -OCH3 is 1. The van der Waals surface area contributed by atoms with E-state index in [2.05, 4.69) is 45.8 Å². The summed E-state index contributed by atoms with van der Waals surface area (Å²) in [5.74, 6) is 2.35. The van der Waals surface area contributed by atoms with Crippen LogP contribution in [0.5, 0.6) is 5.75 Å². The molecule has 6 rings (SSSR count). The van der Waals surface area contributed by atoms with E-state index in [1.807, 2.05) is 41.2 Å². The minimum Gasteiger partial charge on any atom is -0.497 e. The van der Waals surface area contributed by atoms with Gasteiger partial charge in [-0.25, -0.2) is 4.98 Å². The maximum Gasteiger partial charge on any atom is 0.235 e. The number of rotatable bonds is 4. The first kappa shape index (κ1) is 18.8. The van der Waals surface area contributed by atoms with E-state index in [0.717, 1.165) is 64.1 Å². The fraction of sp³-hybridized carbons (Fsp3) is 0.208. The standard InChI is InChI=1S/C24H23N7O/c1-30-8-7-20-22(14-30)27-24(31-12-15-3-5-19(32-2)10-17(15)13-31)28-23(20)26-18-4-6-21-16(9-18)11-25-29-21/h3-6,9-13H,7-8,14H2,1-2H3,(H,25,29)(H,26,27,28). The highest BCUT2D eigenvalue weighted by Crippen LogP contribution is 2.29. The zero-order valence-corrected chi connectivity index (χ0v) is 18.0. The van der Waals surface area contributed by atoms with Crippen molar-refractivity contribution in [2.24, 2.45) is 0 Å². The minimum absolute atomic E-state index is 0.654. The molecule has 5 aromatic rings. The maximum atomic E-state index is 5.37. The van der Waals surface area contributed by atoms with E-state index >= 15 is 0 Å². The van der Waals surface area contributed by atoms with Crippen molar-refractivity contribution in [2.75, 3.05) is 26.0 Å². The second kappa shape index (κ2) is 7.35. The Kier molecular flexibility index (Phi) is 4.32. The van der Waals surface area contributed by atoms with Gasteiger partial charge < -0.3 is 15.0 Å². The highest BCUT2D eigenvalue weighted by atomic mass is 16.5. The summed E-state index contributed by atoms with van der Waals surface area (Å²) in [6.07, 6.45) is 6.85. The number of hydrogen-bond donors (Lipinski definition) is 2. The third-order valence-corrected chi connectivity index (χ3v) is 6.03. The number of aromatic amines is 1. The second-order valence-electron chi connectivity index (χ2n) is 8.24. The number of hydrogen-bond acceptors (Lipinski definition) is 6. The van der Waals surface area contributed by atoms with Gasteiger partial charge in [-0.05, 0) is 49.9 Å². The van der Waals surface area contributed by atoms with E-state index in [1.165, 1.54) is 5.56 Å². The zero-order chi connectivity index (χ0) is 21.7. The SMILES string of the molecule is COc1ccc2cn(-c3nc4c(c(Nc5ccc6[nH]ncc6c5)n3)CCN(C)C4)cc2c1. The molecule has 32 heavy (non-hydrogen) atoms. The quantitative estimate of drug-likeness (QED) is 0.452. The molecule has 0 aliphatic carbocycles. The Morgan fingerprint density at radius 2 is 1.94 bits per heavy atom. The lowest BCUT2D eigenvalue weighted by Gasteiger charge is -2.26. The van der Waals surface area contributed by atoms with Gasteiger partial charge in [-0.15, -0.1) is 0 Å². The van der Waals surface area contributed by atoms with Crippen molar-refractivity contribution in [1.82, 2.24) is 29.6 Å². The number of fused-ring (bicyclic) bond motifs is 3. The van der Waals surface area contributed by atoms with Crippen LogP contribution >= 0.6 is 0 Å². The van der Waals surface area contributed by atoms with Crippen molar-refractivity contribution in [3.05, 3.63) is 66.2 Å². The van der Waals surface area contributed by atoms with Gasteiger partial charge in [-0.3, -0.25) is 9.67 Å². The lowest BCUT2D eigenvalue weighted by atomic mass is 10.1. The summed E-state index contributed by atoms with van der Waals surface area (Å²) >= 11 is 0. The summed E-state index contributed by atoms with van der Waals surface area (Å²) in [6.45, 7) is 1.78. The maximum absolute atomic E-state index is 5.37. The number of benzene rings is 2. The predicted octanol–water partition coefficient (Wildman–Crippen LogP) is 4.04.